The normalized spacial score (nSPS) is 11.3. The lowest BCUT2D eigenvalue weighted by Crippen LogP contribution is -2.34. The second-order valence-corrected chi connectivity index (χ2v) is 9.18. The van der Waals surface area contributed by atoms with Crippen molar-refractivity contribution in [2.75, 3.05) is 17.7 Å². The monoisotopic (exact) mass is 522 g/mol. The number of rotatable bonds is 9. The number of nitrogens with zero attached hydrogens (tertiary/aromatic N) is 4. The van der Waals surface area contributed by atoms with Crippen molar-refractivity contribution in [3.8, 4) is 23.4 Å². The smallest absolute Gasteiger partial charge is 0.435 e. The van der Waals surface area contributed by atoms with Crippen molar-refractivity contribution in [3.63, 3.8) is 0 Å². The van der Waals surface area contributed by atoms with Gasteiger partial charge in [0.15, 0.2) is 7.05 Å². The molecule has 0 radical (unpaired) electrons. The Bertz CT molecular complexity index is 1460. The number of H-pyrrole nitrogens is 1. The lowest BCUT2D eigenvalue weighted by molar-refractivity contribution is -0.730. The number of nitriles is 2. The van der Waals surface area contributed by atoms with Crippen LogP contribution in [0.4, 0.5) is 11.5 Å². The molecule has 12 nitrogen and oxygen atoms in total. The summed E-state index contributed by atoms with van der Waals surface area (Å²) >= 11 is 0.937. The summed E-state index contributed by atoms with van der Waals surface area (Å²) in [6.45, 7) is 3.94. The van der Waals surface area contributed by atoms with Crippen molar-refractivity contribution in [1.82, 2.24) is 10.3 Å². The van der Waals surface area contributed by atoms with Gasteiger partial charge in [-0.3, -0.25) is 9.32 Å². The Morgan fingerprint density at radius 2 is 1.95 bits per heavy atom. The van der Waals surface area contributed by atoms with Crippen molar-refractivity contribution in [3.05, 3.63) is 51.4 Å². The van der Waals surface area contributed by atoms with Gasteiger partial charge in [0.2, 0.25) is 5.91 Å². The molecule has 190 valence electrons. The molecule has 1 amide bonds. The molecule has 0 saturated heterocycles. The highest BCUT2D eigenvalue weighted by atomic mass is 32.2. The summed E-state index contributed by atoms with van der Waals surface area (Å²) in [5.74, 6) is -1.05. The molecule has 0 spiro atoms. The van der Waals surface area contributed by atoms with E-state index < -0.39 is 22.8 Å². The van der Waals surface area contributed by atoms with E-state index in [1.807, 2.05) is 19.1 Å². The van der Waals surface area contributed by atoms with Crippen LogP contribution in [0.5, 0.6) is 0 Å². The Morgan fingerprint density at radius 3 is 2.51 bits per heavy atom. The van der Waals surface area contributed by atoms with Crippen LogP contribution in [0.2, 0.25) is 0 Å². The van der Waals surface area contributed by atoms with Crippen molar-refractivity contribution in [2.24, 2.45) is 7.05 Å². The molecule has 3 aromatic rings. The van der Waals surface area contributed by atoms with Gasteiger partial charge in [-0.2, -0.15) is 10.5 Å². The summed E-state index contributed by atoms with van der Waals surface area (Å²) < 4.78 is 11.2. The fraction of sp³-hybridized carbons (Fsp3) is 0.292. The van der Waals surface area contributed by atoms with Crippen molar-refractivity contribution < 1.29 is 23.5 Å². The number of aromatic amines is 1. The minimum atomic E-state index is -0.805. The quantitative estimate of drug-likeness (QED) is 0.162. The van der Waals surface area contributed by atoms with Crippen LogP contribution < -0.4 is 21.4 Å². The van der Waals surface area contributed by atoms with E-state index in [4.69, 9.17) is 15.0 Å². The van der Waals surface area contributed by atoms with Gasteiger partial charge < -0.3 is 15.8 Å². The lowest BCUT2D eigenvalue weighted by Gasteiger charge is -2.14. The highest BCUT2D eigenvalue weighted by molar-refractivity contribution is 8.00. The van der Waals surface area contributed by atoms with Gasteiger partial charge in [-0.1, -0.05) is 29.8 Å². The number of benzene rings is 1. The number of aromatic nitrogens is 3. The summed E-state index contributed by atoms with van der Waals surface area (Å²) in [5.41, 5.74) is 5.60. The number of ether oxygens (including phenoxy) is 1. The fourth-order valence-corrected chi connectivity index (χ4v) is 4.20. The summed E-state index contributed by atoms with van der Waals surface area (Å²) in [5, 5.41) is 23.9. The van der Waals surface area contributed by atoms with Crippen LogP contribution in [-0.2, 0) is 16.6 Å². The molecule has 13 heteroatoms. The predicted octanol–water partition coefficient (Wildman–Crippen LogP) is 2.26. The van der Waals surface area contributed by atoms with Crippen molar-refractivity contribution in [1.29, 1.82) is 10.5 Å². The van der Waals surface area contributed by atoms with E-state index in [0.29, 0.717) is 17.9 Å². The maximum Gasteiger partial charge on any atom is 0.435 e. The van der Waals surface area contributed by atoms with E-state index in [2.05, 4.69) is 15.6 Å². The van der Waals surface area contributed by atoms with E-state index in [1.54, 1.807) is 31.2 Å². The Balaban J connectivity index is 1.82. The van der Waals surface area contributed by atoms with Gasteiger partial charge in [-0.25, -0.2) is 14.6 Å². The number of anilines is 2. The zero-order valence-electron chi connectivity index (χ0n) is 20.3. The third kappa shape index (κ3) is 5.97. The highest BCUT2D eigenvalue weighted by Gasteiger charge is 2.32. The second-order valence-electron chi connectivity index (χ2n) is 7.86. The van der Waals surface area contributed by atoms with Crippen LogP contribution in [0.15, 0.2) is 38.6 Å². The summed E-state index contributed by atoms with van der Waals surface area (Å²) in [7, 11) is 1.47. The van der Waals surface area contributed by atoms with E-state index >= 15 is 0 Å². The number of nitrogen functional groups attached to an aromatic ring is 1. The number of carbonyl (C=O) groups is 2. The molecule has 1 atom stereocenters. The molecule has 2 heterocycles. The number of unbranched alkanes of at least 4 members (excludes halogenated alkanes) is 1. The molecule has 0 aliphatic heterocycles. The number of thioether (sulfide) groups is 1. The van der Waals surface area contributed by atoms with Crippen molar-refractivity contribution in [2.45, 2.75) is 37.0 Å². The van der Waals surface area contributed by atoms with Gasteiger partial charge in [0.05, 0.1) is 23.0 Å². The number of carbonyl (C=O) groups excluding carboxylic acids is 2. The number of hydrogen-bond acceptors (Lipinski definition) is 10. The summed E-state index contributed by atoms with van der Waals surface area (Å²) in [4.78, 5) is 41.3. The standard InChI is InChI=1S/C24H23N7O5S/c1-4-5-10-35-23(33)14-6-8-15(9-7-14)28-21(32)13(2)37-22-17(12-26)18(16(11-25)20(27)29-22)19-24(34)36-30-31(19)3/h6-9,13H,4-5,10H2,1-3H3,(H3-,27,28,29,30,32,33,34)/p+1. The van der Waals surface area contributed by atoms with Gasteiger partial charge >= 0.3 is 17.3 Å². The van der Waals surface area contributed by atoms with Gasteiger partial charge in [0, 0.05) is 5.69 Å². The number of aryl methyl sites for hydroxylation is 1. The number of esters is 1. The molecular weight excluding hydrogens is 498 g/mol. The first-order chi connectivity index (χ1) is 17.7. The maximum absolute atomic E-state index is 12.8. The zero-order valence-corrected chi connectivity index (χ0v) is 21.1. The first kappa shape index (κ1) is 27.0. The number of nitrogens with two attached hydrogens (primary N) is 1. The first-order valence-electron chi connectivity index (χ1n) is 11.2. The lowest BCUT2D eigenvalue weighted by atomic mass is 10.0. The van der Waals surface area contributed by atoms with Gasteiger partial charge in [-0.15, -0.1) is 0 Å². The molecule has 37 heavy (non-hydrogen) atoms. The number of pyridine rings is 1. The van der Waals surface area contributed by atoms with E-state index in [-0.39, 0.29) is 33.2 Å². The van der Waals surface area contributed by atoms with Crippen LogP contribution in [-0.4, -0.2) is 34.0 Å². The van der Waals surface area contributed by atoms with Gasteiger partial charge in [0.25, 0.3) is 0 Å². The number of amides is 1. The Morgan fingerprint density at radius 1 is 1.27 bits per heavy atom. The minimum absolute atomic E-state index is 0.0356. The molecule has 0 saturated carbocycles. The minimum Gasteiger partial charge on any atom is -0.462 e. The SMILES string of the molecule is CCCCOC(=O)c1ccc(NC(=O)C(C)Sc2nc(N)c(C#N)c(-c3c(=O)o[nH][n+]3C)c2C#N)cc1. The van der Waals surface area contributed by atoms with Crippen LogP contribution in [0, 0.1) is 22.7 Å². The summed E-state index contributed by atoms with van der Waals surface area (Å²) in [6, 6.07) is 10.1. The van der Waals surface area contributed by atoms with Crippen LogP contribution in [0.25, 0.3) is 11.3 Å². The molecule has 2 aromatic heterocycles. The van der Waals surface area contributed by atoms with E-state index in [1.165, 1.54) is 11.7 Å². The summed E-state index contributed by atoms with van der Waals surface area (Å²) in [6.07, 6.45) is 1.69. The third-order valence-corrected chi connectivity index (χ3v) is 6.32. The molecule has 0 fully saturated rings. The van der Waals surface area contributed by atoms with Crippen LogP contribution in [0.1, 0.15) is 48.2 Å². The van der Waals surface area contributed by atoms with Crippen LogP contribution >= 0.6 is 11.8 Å². The predicted molar refractivity (Wildman–Crippen MR) is 133 cm³/mol. The van der Waals surface area contributed by atoms with E-state index in [9.17, 15) is 24.9 Å². The molecule has 0 aliphatic carbocycles. The molecular formula is C24H24N7O5S+. The Kier molecular flexibility index (Phi) is 8.66. The van der Waals surface area contributed by atoms with Gasteiger partial charge in [-0.05, 0) is 42.9 Å². The first-order valence-corrected chi connectivity index (χ1v) is 12.1. The van der Waals surface area contributed by atoms with Crippen molar-refractivity contribution >= 4 is 35.1 Å². The molecule has 3 rings (SSSR count). The third-order valence-electron chi connectivity index (χ3n) is 5.23. The Hall–Kier alpha value is -4.62. The molecule has 1 unspecified atom stereocenters. The molecule has 0 bridgehead atoms. The largest absolute Gasteiger partial charge is 0.462 e. The molecule has 4 N–H and O–H groups in total. The Labute approximate surface area is 216 Å². The molecule has 1 aromatic carbocycles. The van der Waals surface area contributed by atoms with E-state index in [0.717, 1.165) is 24.6 Å². The zero-order chi connectivity index (χ0) is 27.1. The highest BCUT2D eigenvalue weighted by Crippen LogP contribution is 2.35. The second kappa shape index (κ2) is 11.9. The number of nitrogens with one attached hydrogen (secondary N) is 2. The maximum atomic E-state index is 12.8. The number of hydrogen-bond donors (Lipinski definition) is 3. The topological polar surface area (TPSA) is 192 Å². The average Bonchev–Trinajstić information content (AvgIpc) is 3.21. The fourth-order valence-electron chi connectivity index (χ4n) is 3.28. The van der Waals surface area contributed by atoms with Gasteiger partial charge in [0.1, 0.15) is 34.1 Å². The average molecular weight is 523 g/mol. The van der Waals surface area contributed by atoms with Crippen LogP contribution in [0.3, 0.4) is 0 Å². The molecule has 0 aliphatic rings.